The van der Waals surface area contributed by atoms with E-state index in [1.165, 1.54) is 38.8 Å². The molecular formula is C19H31N5O. The van der Waals surface area contributed by atoms with Gasteiger partial charge in [-0.15, -0.1) is 0 Å². The van der Waals surface area contributed by atoms with Gasteiger partial charge in [-0.05, 0) is 45.4 Å². The van der Waals surface area contributed by atoms with Gasteiger partial charge in [-0.2, -0.15) is 0 Å². The molecule has 3 N–H and O–H groups in total. The second-order valence-electron chi connectivity index (χ2n) is 7.95. The number of anilines is 1. The van der Waals surface area contributed by atoms with Crippen molar-refractivity contribution < 1.29 is 4.74 Å². The van der Waals surface area contributed by atoms with Crippen molar-refractivity contribution in [2.45, 2.75) is 69.5 Å². The van der Waals surface area contributed by atoms with E-state index in [9.17, 15) is 0 Å². The van der Waals surface area contributed by atoms with Crippen molar-refractivity contribution in [2.75, 3.05) is 31.6 Å². The fraction of sp³-hybridized carbons (Fsp3) is 0.789. The van der Waals surface area contributed by atoms with Gasteiger partial charge in [0.05, 0.1) is 0 Å². The molecule has 3 aliphatic rings. The lowest BCUT2D eigenvalue weighted by Gasteiger charge is -2.39. The van der Waals surface area contributed by atoms with Gasteiger partial charge in [0.2, 0.25) is 0 Å². The predicted octanol–water partition coefficient (Wildman–Crippen LogP) is 2.05. The summed E-state index contributed by atoms with van der Waals surface area (Å²) in [6.45, 7) is 6.20. The SMILES string of the molecule is Cc1nc(NC2CCN(C3CCOCC3)CC2)cc(C2CC(N)C2)n1. The van der Waals surface area contributed by atoms with E-state index in [1.54, 1.807) is 0 Å². The second-order valence-corrected chi connectivity index (χ2v) is 7.95. The summed E-state index contributed by atoms with van der Waals surface area (Å²) in [6.07, 6.45) is 6.86. The number of nitrogens with zero attached hydrogens (tertiary/aromatic N) is 3. The highest BCUT2D eigenvalue weighted by Gasteiger charge is 2.30. The first-order valence-corrected chi connectivity index (χ1v) is 9.87. The van der Waals surface area contributed by atoms with Crippen molar-refractivity contribution in [3.05, 3.63) is 17.6 Å². The highest BCUT2D eigenvalue weighted by atomic mass is 16.5. The van der Waals surface area contributed by atoms with E-state index < -0.39 is 0 Å². The molecule has 0 spiro atoms. The maximum absolute atomic E-state index is 5.93. The highest BCUT2D eigenvalue weighted by molar-refractivity contribution is 5.39. The van der Waals surface area contributed by atoms with Crippen LogP contribution in [0.25, 0.3) is 0 Å². The minimum atomic E-state index is 0.353. The maximum atomic E-state index is 5.93. The van der Waals surface area contributed by atoms with Crippen molar-refractivity contribution in [3.8, 4) is 0 Å². The molecule has 1 aromatic heterocycles. The molecule has 25 heavy (non-hydrogen) atoms. The van der Waals surface area contributed by atoms with E-state index in [-0.39, 0.29) is 0 Å². The number of likely N-dealkylation sites (tertiary alicyclic amines) is 1. The summed E-state index contributed by atoms with van der Waals surface area (Å²) in [7, 11) is 0. The lowest BCUT2D eigenvalue weighted by atomic mass is 9.78. The first kappa shape index (κ1) is 17.2. The van der Waals surface area contributed by atoms with Crippen molar-refractivity contribution >= 4 is 5.82 Å². The third kappa shape index (κ3) is 4.13. The van der Waals surface area contributed by atoms with E-state index in [4.69, 9.17) is 10.5 Å². The Hall–Kier alpha value is -1.24. The monoisotopic (exact) mass is 345 g/mol. The fourth-order valence-corrected chi connectivity index (χ4v) is 4.45. The van der Waals surface area contributed by atoms with Gasteiger partial charge in [-0.1, -0.05) is 0 Å². The average Bonchev–Trinajstić information content (AvgIpc) is 2.60. The van der Waals surface area contributed by atoms with Gasteiger partial charge in [-0.3, -0.25) is 0 Å². The number of nitrogens with one attached hydrogen (secondary N) is 1. The van der Waals surface area contributed by atoms with E-state index in [0.717, 1.165) is 49.4 Å². The minimum absolute atomic E-state index is 0.353. The largest absolute Gasteiger partial charge is 0.381 e. The molecule has 1 saturated carbocycles. The number of rotatable bonds is 4. The molecule has 0 radical (unpaired) electrons. The van der Waals surface area contributed by atoms with Crippen molar-refractivity contribution in [1.29, 1.82) is 0 Å². The molecule has 1 aromatic rings. The molecule has 2 saturated heterocycles. The third-order valence-corrected chi connectivity index (χ3v) is 6.04. The van der Waals surface area contributed by atoms with Crippen LogP contribution in [0, 0.1) is 6.92 Å². The van der Waals surface area contributed by atoms with Crippen LogP contribution in [0.4, 0.5) is 5.82 Å². The summed E-state index contributed by atoms with van der Waals surface area (Å²) in [5.74, 6) is 2.38. The zero-order chi connectivity index (χ0) is 17.2. The normalized spacial score (nSPS) is 29.4. The standard InChI is InChI=1S/C19H31N5O/c1-13-21-18(14-10-15(20)11-14)12-19(22-13)23-16-2-6-24(7-3-16)17-4-8-25-9-5-17/h12,14-17H,2-11,20H2,1H3,(H,21,22,23). The molecule has 1 aliphatic carbocycles. The number of aromatic nitrogens is 2. The fourth-order valence-electron chi connectivity index (χ4n) is 4.45. The molecule has 4 rings (SSSR count). The summed E-state index contributed by atoms with van der Waals surface area (Å²) >= 11 is 0. The summed E-state index contributed by atoms with van der Waals surface area (Å²) < 4.78 is 5.49. The number of ether oxygens (including phenoxy) is 1. The Morgan fingerprint density at radius 1 is 1.12 bits per heavy atom. The Morgan fingerprint density at radius 2 is 1.84 bits per heavy atom. The van der Waals surface area contributed by atoms with Crippen molar-refractivity contribution in [3.63, 3.8) is 0 Å². The zero-order valence-corrected chi connectivity index (χ0v) is 15.3. The van der Waals surface area contributed by atoms with Crippen molar-refractivity contribution in [1.82, 2.24) is 14.9 Å². The molecule has 0 atom stereocenters. The molecule has 0 bridgehead atoms. The minimum Gasteiger partial charge on any atom is -0.381 e. The van der Waals surface area contributed by atoms with Gasteiger partial charge < -0.3 is 20.7 Å². The number of piperidine rings is 1. The summed E-state index contributed by atoms with van der Waals surface area (Å²) in [6, 6.07) is 3.74. The summed E-state index contributed by atoms with van der Waals surface area (Å²) in [5, 5.41) is 3.67. The molecule has 2 aliphatic heterocycles. The molecule has 0 unspecified atom stereocenters. The molecule has 6 heteroatoms. The van der Waals surface area contributed by atoms with Crippen LogP contribution in [0.5, 0.6) is 0 Å². The Bertz CT molecular complexity index is 575. The van der Waals surface area contributed by atoms with Crippen LogP contribution in [-0.2, 0) is 4.74 Å². The Labute approximate surface area is 150 Å². The zero-order valence-electron chi connectivity index (χ0n) is 15.3. The second kappa shape index (κ2) is 7.56. The molecule has 0 aromatic carbocycles. The van der Waals surface area contributed by atoms with Gasteiger partial charge in [0, 0.05) is 62.1 Å². The first-order chi connectivity index (χ1) is 12.2. The summed E-state index contributed by atoms with van der Waals surface area (Å²) in [5.41, 5.74) is 7.10. The van der Waals surface area contributed by atoms with Crippen LogP contribution in [0.15, 0.2) is 6.07 Å². The van der Waals surface area contributed by atoms with Crippen molar-refractivity contribution in [2.24, 2.45) is 5.73 Å². The maximum Gasteiger partial charge on any atom is 0.130 e. The number of hydrogen-bond acceptors (Lipinski definition) is 6. The van der Waals surface area contributed by atoms with Gasteiger partial charge in [-0.25, -0.2) is 9.97 Å². The number of aryl methyl sites for hydroxylation is 1. The lowest BCUT2D eigenvalue weighted by molar-refractivity contribution is 0.0262. The molecule has 6 nitrogen and oxygen atoms in total. The van der Waals surface area contributed by atoms with Gasteiger partial charge in [0.1, 0.15) is 11.6 Å². The van der Waals surface area contributed by atoms with Crippen LogP contribution in [-0.4, -0.2) is 59.3 Å². The van der Waals surface area contributed by atoms with Crippen LogP contribution in [0.1, 0.15) is 56.0 Å². The average molecular weight is 345 g/mol. The van der Waals surface area contributed by atoms with Crippen LogP contribution < -0.4 is 11.1 Å². The molecule has 0 amide bonds. The van der Waals surface area contributed by atoms with E-state index in [1.807, 2.05) is 6.92 Å². The Kier molecular flexibility index (Phi) is 5.20. The van der Waals surface area contributed by atoms with Crippen LogP contribution in [0.2, 0.25) is 0 Å². The Morgan fingerprint density at radius 3 is 2.52 bits per heavy atom. The molecule has 3 heterocycles. The molecule has 138 valence electrons. The highest BCUT2D eigenvalue weighted by Crippen LogP contribution is 2.35. The Balaban J connectivity index is 1.32. The smallest absolute Gasteiger partial charge is 0.130 e. The molecular weight excluding hydrogens is 314 g/mol. The first-order valence-electron chi connectivity index (χ1n) is 9.87. The van der Waals surface area contributed by atoms with Gasteiger partial charge in [0.25, 0.3) is 0 Å². The van der Waals surface area contributed by atoms with Crippen LogP contribution in [0.3, 0.4) is 0 Å². The quantitative estimate of drug-likeness (QED) is 0.870. The van der Waals surface area contributed by atoms with E-state index >= 15 is 0 Å². The summed E-state index contributed by atoms with van der Waals surface area (Å²) in [4.78, 5) is 11.9. The van der Waals surface area contributed by atoms with Crippen LogP contribution >= 0.6 is 0 Å². The van der Waals surface area contributed by atoms with Gasteiger partial charge >= 0.3 is 0 Å². The van der Waals surface area contributed by atoms with E-state index in [2.05, 4.69) is 26.3 Å². The lowest BCUT2D eigenvalue weighted by Crippen LogP contribution is -2.46. The topological polar surface area (TPSA) is 76.3 Å². The van der Waals surface area contributed by atoms with E-state index in [0.29, 0.717) is 18.0 Å². The van der Waals surface area contributed by atoms with Gasteiger partial charge in [0.15, 0.2) is 0 Å². The molecule has 3 fully saturated rings. The number of nitrogens with two attached hydrogens (primary N) is 1. The predicted molar refractivity (Wildman–Crippen MR) is 98.8 cm³/mol. The number of hydrogen-bond donors (Lipinski definition) is 2. The third-order valence-electron chi connectivity index (χ3n) is 6.04.